The van der Waals surface area contributed by atoms with Gasteiger partial charge in [0.15, 0.2) is 5.11 Å². The van der Waals surface area contributed by atoms with Crippen LogP contribution in [0.1, 0.15) is 18.4 Å². The van der Waals surface area contributed by atoms with Crippen molar-refractivity contribution < 1.29 is 4.39 Å². The van der Waals surface area contributed by atoms with E-state index in [0.29, 0.717) is 12.6 Å². The van der Waals surface area contributed by atoms with Crippen molar-refractivity contribution in [2.75, 3.05) is 7.05 Å². The third kappa shape index (κ3) is 3.17. The molecule has 0 saturated heterocycles. The molecule has 0 heterocycles. The van der Waals surface area contributed by atoms with Crippen molar-refractivity contribution in [3.05, 3.63) is 35.6 Å². The molecule has 1 aliphatic carbocycles. The minimum atomic E-state index is -0.202. The molecule has 0 bridgehead atoms. The van der Waals surface area contributed by atoms with Crippen LogP contribution < -0.4 is 5.32 Å². The summed E-state index contributed by atoms with van der Waals surface area (Å²) in [6.07, 6.45) is 2.40. The molecule has 1 N–H and O–H groups in total. The van der Waals surface area contributed by atoms with Gasteiger partial charge in [-0.25, -0.2) is 4.39 Å². The Hall–Kier alpha value is -1.16. The van der Waals surface area contributed by atoms with Crippen LogP contribution in [0.25, 0.3) is 0 Å². The number of nitrogens with one attached hydrogen (secondary N) is 1. The molecular formula is C12H15FN2S. The highest BCUT2D eigenvalue weighted by Crippen LogP contribution is 2.19. The van der Waals surface area contributed by atoms with Crippen molar-refractivity contribution in [3.63, 3.8) is 0 Å². The summed E-state index contributed by atoms with van der Waals surface area (Å²) in [5, 5.41) is 3.99. The third-order valence-corrected chi connectivity index (χ3v) is 2.99. The molecule has 1 fully saturated rings. The van der Waals surface area contributed by atoms with Crippen molar-refractivity contribution in [2.45, 2.75) is 25.4 Å². The first-order valence-corrected chi connectivity index (χ1v) is 5.82. The summed E-state index contributed by atoms with van der Waals surface area (Å²) in [5.74, 6) is -0.202. The van der Waals surface area contributed by atoms with Crippen LogP contribution in [0.5, 0.6) is 0 Å². The molecule has 0 atom stereocenters. The van der Waals surface area contributed by atoms with Gasteiger partial charge < -0.3 is 10.2 Å². The Morgan fingerprint density at radius 3 is 2.94 bits per heavy atom. The molecule has 0 unspecified atom stereocenters. The lowest BCUT2D eigenvalue weighted by molar-refractivity contribution is 0.486. The minimum absolute atomic E-state index is 0.202. The van der Waals surface area contributed by atoms with Crippen LogP contribution in [0.4, 0.5) is 4.39 Å². The molecule has 1 aliphatic rings. The maximum absolute atomic E-state index is 13.0. The SMILES string of the molecule is CN(Cc1cccc(F)c1)C(=S)NC1CC1. The van der Waals surface area contributed by atoms with E-state index >= 15 is 0 Å². The largest absolute Gasteiger partial charge is 0.360 e. The fourth-order valence-corrected chi connectivity index (χ4v) is 1.72. The van der Waals surface area contributed by atoms with Crippen molar-refractivity contribution in [2.24, 2.45) is 0 Å². The van der Waals surface area contributed by atoms with E-state index in [0.717, 1.165) is 10.7 Å². The summed E-state index contributed by atoms with van der Waals surface area (Å²) in [4.78, 5) is 1.93. The molecule has 1 aromatic carbocycles. The van der Waals surface area contributed by atoms with Crippen LogP contribution in [0.15, 0.2) is 24.3 Å². The molecule has 1 saturated carbocycles. The summed E-state index contributed by atoms with van der Waals surface area (Å²) >= 11 is 5.25. The second-order valence-corrected chi connectivity index (χ2v) is 4.60. The fourth-order valence-electron chi connectivity index (χ4n) is 1.49. The Labute approximate surface area is 100 Å². The fraction of sp³-hybridized carbons (Fsp3) is 0.417. The van der Waals surface area contributed by atoms with Gasteiger partial charge >= 0.3 is 0 Å². The maximum Gasteiger partial charge on any atom is 0.169 e. The predicted octanol–water partition coefficient (Wildman–Crippen LogP) is 2.29. The zero-order chi connectivity index (χ0) is 11.5. The summed E-state index contributed by atoms with van der Waals surface area (Å²) in [6, 6.07) is 7.16. The normalized spacial score (nSPS) is 14.6. The van der Waals surface area contributed by atoms with Crippen molar-refractivity contribution in [1.82, 2.24) is 10.2 Å². The second-order valence-electron chi connectivity index (χ2n) is 4.21. The van der Waals surface area contributed by atoms with Crippen LogP contribution in [-0.2, 0) is 6.54 Å². The molecule has 0 aliphatic heterocycles. The van der Waals surface area contributed by atoms with E-state index in [4.69, 9.17) is 12.2 Å². The molecule has 0 radical (unpaired) electrons. The molecule has 4 heteroatoms. The highest BCUT2D eigenvalue weighted by molar-refractivity contribution is 7.80. The second kappa shape index (κ2) is 4.78. The van der Waals surface area contributed by atoms with Gasteiger partial charge in [-0.3, -0.25) is 0 Å². The van der Waals surface area contributed by atoms with Gasteiger partial charge in [0.1, 0.15) is 5.82 Å². The van der Waals surface area contributed by atoms with Crippen molar-refractivity contribution in [3.8, 4) is 0 Å². The zero-order valence-corrected chi connectivity index (χ0v) is 10.1. The van der Waals surface area contributed by atoms with E-state index in [9.17, 15) is 4.39 Å². The van der Waals surface area contributed by atoms with Gasteiger partial charge in [0, 0.05) is 19.6 Å². The predicted molar refractivity (Wildman–Crippen MR) is 66.6 cm³/mol. The summed E-state index contributed by atoms with van der Waals surface area (Å²) in [6.45, 7) is 0.635. The van der Waals surface area contributed by atoms with Gasteiger partial charge in [0.2, 0.25) is 0 Å². The average molecular weight is 238 g/mol. The number of rotatable bonds is 3. The zero-order valence-electron chi connectivity index (χ0n) is 9.24. The van der Waals surface area contributed by atoms with Crippen LogP contribution in [0, 0.1) is 5.82 Å². The molecule has 0 spiro atoms. The topological polar surface area (TPSA) is 15.3 Å². The smallest absolute Gasteiger partial charge is 0.169 e. The molecule has 1 aromatic rings. The maximum atomic E-state index is 13.0. The third-order valence-electron chi connectivity index (χ3n) is 2.56. The van der Waals surface area contributed by atoms with Crippen molar-refractivity contribution >= 4 is 17.3 Å². The molecule has 2 rings (SSSR count). The first-order valence-electron chi connectivity index (χ1n) is 5.41. The number of hydrogen-bond acceptors (Lipinski definition) is 1. The average Bonchev–Trinajstić information content (AvgIpc) is 3.01. The van der Waals surface area contributed by atoms with E-state index < -0.39 is 0 Å². The van der Waals surface area contributed by atoms with Crippen LogP contribution >= 0.6 is 12.2 Å². The van der Waals surface area contributed by atoms with Gasteiger partial charge in [-0.05, 0) is 42.8 Å². The number of halogens is 1. The van der Waals surface area contributed by atoms with Crippen LogP contribution in [0.2, 0.25) is 0 Å². The van der Waals surface area contributed by atoms with E-state index in [1.807, 2.05) is 18.0 Å². The highest BCUT2D eigenvalue weighted by atomic mass is 32.1. The van der Waals surface area contributed by atoms with Gasteiger partial charge in [0.25, 0.3) is 0 Å². The van der Waals surface area contributed by atoms with Crippen molar-refractivity contribution in [1.29, 1.82) is 0 Å². The molecule has 0 aromatic heterocycles. The lowest BCUT2D eigenvalue weighted by Crippen LogP contribution is -2.37. The van der Waals surface area contributed by atoms with Crippen LogP contribution in [-0.4, -0.2) is 23.1 Å². The van der Waals surface area contributed by atoms with E-state index in [-0.39, 0.29) is 5.82 Å². The summed E-state index contributed by atoms with van der Waals surface area (Å²) < 4.78 is 13.0. The molecule has 16 heavy (non-hydrogen) atoms. The quantitative estimate of drug-likeness (QED) is 0.813. The van der Waals surface area contributed by atoms with E-state index in [1.165, 1.54) is 25.0 Å². The minimum Gasteiger partial charge on any atom is -0.360 e. The Morgan fingerprint density at radius 2 is 2.31 bits per heavy atom. The Bertz CT molecular complexity index is 390. The van der Waals surface area contributed by atoms with Gasteiger partial charge in [-0.1, -0.05) is 12.1 Å². The summed E-state index contributed by atoms with van der Waals surface area (Å²) in [7, 11) is 1.92. The molecule has 0 amide bonds. The van der Waals surface area contributed by atoms with Gasteiger partial charge in [-0.2, -0.15) is 0 Å². The lowest BCUT2D eigenvalue weighted by atomic mass is 10.2. The number of benzene rings is 1. The first kappa shape index (κ1) is 11.3. The molecular weight excluding hydrogens is 223 g/mol. The first-order chi connectivity index (χ1) is 7.65. The monoisotopic (exact) mass is 238 g/mol. The highest BCUT2D eigenvalue weighted by Gasteiger charge is 2.22. The van der Waals surface area contributed by atoms with E-state index in [2.05, 4.69) is 5.32 Å². The lowest BCUT2D eigenvalue weighted by Gasteiger charge is -2.21. The van der Waals surface area contributed by atoms with Gasteiger partial charge in [-0.15, -0.1) is 0 Å². The van der Waals surface area contributed by atoms with Gasteiger partial charge in [0.05, 0.1) is 0 Å². The summed E-state index contributed by atoms with van der Waals surface area (Å²) in [5.41, 5.74) is 0.933. The Kier molecular flexibility index (Phi) is 3.39. The number of nitrogens with zero attached hydrogens (tertiary/aromatic N) is 1. The Morgan fingerprint density at radius 1 is 1.56 bits per heavy atom. The van der Waals surface area contributed by atoms with E-state index in [1.54, 1.807) is 6.07 Å². The number of thiocarbonyl (C=S) groups is 1. The standard InChI is InChI=1S/C12H15FN2S/c1-15(12(16)14-11-5-6-11)8-9-3-2-4-10(13)7-9/h2-4,7,11H,5-6,8H2,1H3,(H,14,16). The Balaban J connectivity index is 1.90. The number of hydrogen-bond donors (Lipinski definition) is 1. The molecule has 86 valence electrons. The van der Waals surface area contributed by atoms with Crippen LogP contribution in [0.3, 0.4) is 0 Å². The molecule has 2 nitrogen and oxygen atoms in total.